The summed E-state index contributed by atoms with van der Waals surface area (Å²) in [6, 6.07) is 22.7. The molecule has 0 N–H and O–H groups in total. The summed E-state index contributed by atoms with van der Waals surface area (Å²) in [5.41, 5.74) is 4.65. The Bertz CT molecular complexity index is 2090. The molecular weight excluding hydrogens is 596 g/mol. The Morgan fingerprint density at radius 1 is 1.05 bits per heavy atom. The largest absolute Gasteiger partial charge is 0.469 e. The Hall–Kier alpha value is -4.26. The van der Waals surface area contributed by atoms with Crippen molar-refractivity contribution in [2.75, 3.05) is 7.11 Å². The van der Waals surface area contributed by atoms with E-state index in [0.29, 0.717) is 38.2 Å². The predicted molar refractivity (Wildman–Crippen MR) is 168 cm³/mol. The third-order valence-corrected chi connectivity index (χ3v) is 11.9. The third kappa shape index (κ3) is 4.47. The van der Waals surface area contributed by atoms with Gasteiger partial charge in [0.15, 0.2) is 0 Å². The van der Waals surface area contributed by atoms with Gasteiger partial charge in [0.25, 0.3) is 10.0 Å². The highest BCUT2D eigenvalue weighted by Crippen LogP contribution is 2.64. The van der Waals surface area contributed by atoms with Gasteiger partial charge in [-0.3, -0.25) is 4.79 Å². The molecule has 2 aliphatic carbocycles. The summed E-state index contributed by atoms with van der Waals surface area (Å²) in [6.07, 6.45) is 3.58. The van der Waals surface area contributed by atoms with Crippen molar-refractivity contribution in [2.24, 2.45) is 11.3 Å². The highest BCUT2D eigenvalue weighted by molar-refractivity contribution is 7.90. The van der Waals surface area contributed by atoms with Crippen LogP contribution in [0.4, 0.5) is 4.39 Å². The summed E-state index contributed by atoms with van der Waals surface area (Å²) in [7, 11) is -2.72. The molecule has 6 nitrogen and oxygen atoms in total. The summed E-state index contributed by atoms with van der Waals surface area (Å²) >= 11 is 1.26. The molecule has 222 valence electrons. The zero-order valence-electron chi connectivity index (χ0n) is 24.2. The average molecular weight is 625 g/mol. The first kappa shape index (κ1) is 28.5. The number of esters is 1. The summed E-state index contributed by atoms with van der Waals surface area (Å²) in [4.78, 5) is 12.5. The second-order valence-electron chi connectivity index (χ2n) is 12.1. The fourth-order valence-corrected chi connectivity index (χ4v) is 9.48. The Kier molecular flexibility index (Phi) is 6.76. The molecule has 0 bridgehead atoms. The number of nitrogens with zero attached hydrogens (tertiary/aromatic N) is 2. The highest BCUT2D eigenvalue weighted by atomic mass is 32.2. The van der Waals surface area contributed by atoms with Gasteiger partial charge in [-0.1, -0.05) is 35.9 Å². The van der Waals surface area contributed by atoms with Crippen LogP contribution in [0.5, 0.6) is 0 Å². The molecule has 9 heteroatoms. The number of carbonyl (C=O) groups is 1. The van der Waals surface area contributed by atoms with Gasteiger partial charge in [-0.05, 0) is 97.3 Å². The molecule has 0 saturated heterocycles. The molecule has 44 heavy (non-hydrogen) atoms. The second-order valence-corrected chi connectivity index (χ2v) is 14.8. The van der Waals surface area contributed by atoms with Gasteiger partial charge >= 0.3 is 5.97 Å². The van der Waals surface area contributed by atoms with Gasteiger partial charge in [0.1, 0.15) is 16.8 Å². The molecule has 7 rings (SSSR count). The maximum absolute atomic E-state index is 14.8. The van der Waals surface area contributed by atoms with E-state index in [2.05, 4.69) is 12.1 Å². The lowest BCUT2D eigenvalue weighted by atomic mass is 9.47. The minimum Gasteiger partial charge on any atom is -0.469 e. The van der Waals surface area contributed by atoms with Gasteiger partial charge in [0, 0.05) is 22.1 Å². The number of benzene rings is 3. The number of hydrogen-bond acceptors (Lipinski definition) is 6. The smallest absolute Gasteiger partial charge is 0.308 e. The Morgan fingerprint density at radius 3 is 2.50 bits per heavy atom. The lowest BCUT2D eigenvalue weighted by Gasteiger charge is -2.57. The second kappa shape index (κ2) is 10.4. The number of carbonyl (C=O) groups excluding carboxylic acids is 1. The van der Waals surface area contributed by atoms with Crippen molar-refractivity contribution in [1.82, 2.24) is 3.97 Å². The average Bonchev–Trinajstić information content (AvgIpc) is 3.58. The summed E-state index contributed by atoms with van der Waals surface area (Å²) < 4.78 is 50.0. The minimum atomic E-state index is -4.15. The molecule has 0 aliphatic heterocycles. The number of fused-ring (bicyclic) bond motifs is 1. The van der Waals surface area contributed by atoms with Crippen LogP contribution in [0, 0.1) is 35.4 Å². The fraction of sp³-hybridized carbons (Fsp3) is 0.257. The molecule has 2 saturated carbocycles. The van der Waals surface area contributed by atoms with E-state index in [-0.39, 0.29) is 28.1 Å². The van der Waals surface area contributed by atoms with E-state index >= 15 is 0 Å². The molecule has 1 spiro atoms. The molecule has 0 atom stereocenters. The van der Waals surface area contributed by atoms with Gasteiger partial charge < -0.3 is 4.74 Å². The number of methoxy groups -OCH3 is 1. The van der Waals surface area contributed by atoms with Crippen molar-refractivity contribution >= 4 is 38.2 Å². The van der Waals surface area contributed by atoms with E-state index in [9.17, 15) is 22.9 Å². The number of aromatic nitrogens is 1. The van der Waals surface area contributed by atoms with Crippen molar-refractivity contribution < 1.29 is 22.3 Å². The van der Waals surface area contributed by atoms with E-state index in [0.717, 1.165) is 36.8 Å². The number of aryl methyl sites for hydroxylation is 1. The minimum absolute atomic E-state index is 0.0298. The Labute approximate surface area is 259 Å². The molecule has 2 heterocycles. The zero-order valence-corrected chi connectivity index (χ0v) is 25.8. The van der Waals surface area contributed by atoms with Crippen LogP contribution in [-0.2, 0) is 19.6 Å². The van der Waals surface area contributed by atoms with Crippen molar-refractivity contribution in [2.45, 2.75) is 43.4 Å². The number of hydrogen-bond donors (Lipinski definition) is 0. The highest BCUT2D eigenvalue weighted by Gasteiger charge is 2.55. The van der Waals surface area contributed by atoms with Crippen molar-refractivity contribution in [3.05, 3.63) is 100.0 Å². The first-order valence-corrected chi connectivity index (χ1v) is 16.8. The molecule has 2 aromatic heterocycles. The Balaban J connectivity index is 1.41. The van der Waals surface area contributed by atoms with E-state index in [1.54, 1.807) is 35.7 Å². The van der Waals surface area contributed by atoms with Crippen LogP contribution in [-0.4, -0.2) is 25.5 Å². The number of halogens is 1. The number of thiophene rings is 1. The van der Waals surface area contributed by atoms with Crippen molar-refractivity contribution in [3.8, 4) is 28.5 Å². The molecule has 0 unspecified atom stereocenters. The van der Waals surface area contributed by atoms with Crippen LogP contribution in [0.2, 0.25) is 0 Å². The standard InChI is InChI=1S/C35H29FN2O4S2/c1-21-6-9-27(10-7-21)44(40,41)38-30-11-8-26(36)15-29(30)32(28-12-13-43-31(28)20-37)33(38)23-5-3-4-22(14-23)24-16-35(17-24)18-25(19-35)34(39)42-2/h3-15,24-25H,16-19H2,1-2H3. The van der Waals surface area contributed by atoms with Crippen molar-refractivity contribution in [3.63, 3.8) is 0 Å². The Morgan fingerprint density at radius 2 is 1.80 bits per heavy atom. The lowest BCUT2D eigenvalue weighted by Crippen LogP contribution is -2.49. The predicted octanol–water partition coefficient (Wildman–Crippen LogP) is 8.04. The number of ether oxygens (including phenoxy) is 1. The van der Waals surface area contributed by atoms with Gasteiger partial charge in [-0.2, -0.15) is 5.26 Å². The van der Waals surface area contributed by atoms with E-state index in [4.69, 9.17) is 4.74 Å². The SMILES string of the molecule is COC(=O)C1CC2(C1)CC(c1cccc(-c3c(-c4ccsc4C#N)c4cc(F)ccc4n3S(=O)(=O)c3ccc(C)cc3)c1)C2. The van der Waals surface area contributed by atoms with E-state index in [1.807, 2.05) is 25.1 Å². The summed E-state index contributed by atoms with van der Waals surface area (Å²) in [6.45, 7) is 1.89. The molecule has 2 aliphatic rings. The third-order valence-electron chi connectivity index (χ3n) is 9.37. The lowest BCUT2D eigenvalue weighted by molar-refractivity contribution is -0.159. The first-order valence-electron chi connectivity index (χ1n) is 14.5. The summed E-state index contributed by atoms with van der Waals surface area (Å²) in [5, 5.41) is 12.2. The molecule has 3 aromatic carbocycles. The quantitative estimate of drug-likeness (QED) is 0.178. The van der Waals surface area contributed by atoms with Gasteiger partial charge in [0.2, 0.25) is 0 Å². The zero-order chi connectivity index (χ0) is 30.8. The molecular formula is C35H29FN2O4S2. The van der Waals surface area contributed by atoms with Crippen LogP contribution in [0.3, 0.4) is 0 Å². The number of nitriles is 1. The van der Waals surface area contributed by atoms with Gasteiger partial charge in [0.05, 0.1) is 29.1 Å². The number of rotatable bonds is 6. The van der Waals surface area contributed by atoms with Gasteiger partial charge in [-0.15, -0.1) is 11.3 Å². The van der Waals surface area contributed by atoms with Crippen LogP contribution >= 0.6 is 11.3 Å². The molecule has 0 amide bonds. The maximum atomic E-state index is 14.8. The summed E-state index contributed by atoms with van der Waals surface area (Å²) in [5.74, 6) is -0.393. The molecule has 0 radical (unpaired) electrons. The monoisotopic (exact) mass is 624 g/mol. The van der Waals surface area contributed by atoms with E-state index in [1.165, 1.54) is 40.6 Å². The fourth-order valence-electron chi connectivity index (χ4n) is 7.24. The van der Waals surface area contributed by atoms with Crippen molar-refractivity contribution in [1.29, 1.82) is 5.26 Å². The van der Waals surface area contributed by atoms with Gasteiger partial charge in [-0.25, -0.2) is 16.8 Å². The first-order chi connectivity index (χ1) is 21.1. The van der Waals surface area contributed by atoms with Crippen LogP contribution in [0.15, 0.2) is 83.1 Å². The normalized spacial score (nSPS) is 21.0. The maximum Gasteiger partial charge on any atom is 0.308 e. The molecule has 5 aromatic rings. The van der Waals surface area contributed by atoms with E-state index < -0.39 is 15.8 Å². The van der Waals surface area contributed by atoms with Crippen LogP contribution < -0.4 is 0 Å². The van der Waals surface area contributed by atoms with Crippen LogP contribution in [0.25, 0.3) is 33.3 Å². The topological polar surface area (TPSA) is 89.2 Å². The van der Waals surface area contributed by atoms with Crippen LogP contribution in [0.1, 0.15) is 47.6 Å². The molecule has 2 fully saturated rings.